The Morgan fingerprint density at radius 3 is 2.71 bits per heavy atom. The molecule has 1 atom stereocenters. The molecule has 0 radical (unpaired) electrons. The van der Waals surface area contributed by atoms with E-state index in [1.165, 1.54) is 0 Å². The predicted molar refractivity (Wildman–Crippen MR) is 114 cm³/mol. The Hall–Kier alpha value is -3.57. The molecule has 0 aliphatic carbocycles. The van der Waals surface area contributed by atoms with Crippen LogP contribution in [0.1, 0.15) is 19.4 Å². The van der Waals surface area contributed by atoms with Crippen LogP contribution in [0.5, 0.6) is 5.88 Å². The molecule has 1 aliphatic rings. The van der Waals surface area contributed by atoms with Crippen molar-refractivity contribution in [3.05, 3.63) is 48.3 Å². The van der Waals surface area contributed by atoms with Crippen molar-refractivity contribution in [3.63, 3.8) is 0 Å². The van der Waals surface area contributed by atoms with Crippen LogP contribution in [0.15, 0.2) is 42.7 Å². The van der Waals surface area contributed by atoms with Crippen LogP contribution in [0.25, 0.3) is 22.3 Å². The standard InChI is InChI=1S/C23H23N5O3/c1-23(2,14-24)16-6-4-15(5-7-16)18-10-19-21(26-9-8-25-19)22(27-18)31-12-17-11-28(3)20(29)13-30-17/h4-10,17H,11-13H2,1-3H3/t17-/m0/s1. The van der Waals surface area contributed by atoms with E-state index < -0.39 is 5.41 Å². The zero-order valence-corrected chi connectivity index (χ0v) is 17.7. The van der Waals surface area contributed by atoms with Crippen LogP contribution in [-0.2, 0) is 14.9 Å². The Labute approximate surface area is 180 Å². The van der Waals surface area contributed by atoms with Gasteiger partial charge in [-0.15, -0.1) is 0 Å². The van der Waals surface area contributed by atoms with Crippen molar-refractivity contribution in [3.8, 4) is 23.2 Å². The van der Waals surface area contributed by atoms with Crippen molar-refractivity contribution in [1.82, 2.24) is 19.9 Å². The maximum absolute atomic E-state index is 11.6. The van der Waals surface area contributed by atoms with Crippen LogP contribution in [0.3, 0.4) is 0 Å². The highest BCUT2D eigenvalue weighted by Gasteiger charge is 2.25. The van der Waals surface area contributed by atoms with E-state index in [1.807, 2.05) is 44.2 Å². The van der Waals surface area contributed by atoms with E-state index in [4.69, 9.17) is 9.47 Å². The van der Waals surface area contributed by atoms with Gasteiger partial charge in [-0.05, 0) is 25.5 Å². The molecule has 0 N–H and O–H groups in total. The number of nitrogens with zero attached hydrogens (tertiary/aromatic N) is 5. The summed E-state index contributed by atoms with van der Waals surface area (Å²) >= 11 is 0. The smallest absolute Gasteiger partial charge is 0.248 e. The third-order valence-corrected chi connectivity index (χ3v) is 5.36. The lowest BCUT2D eigenvalue weighted by atomic mass is 9.86. The van der Waals surface area contributed by atoms with Gasteiger partial charge in [0.2, 0.25) is 11.8 Å². The fraction of sp³-hybridized carbons (Fsp3) is 0.348. The number of likely N-dealkylation sites (N-methyl/N-ethyl adjacent to an activating group) is 1. The summed E-state index contributed by atoms with van der Waals surface area (Å²) in [6.45, 7) is 4.52. The molecule has 1 fully saturated rings. The molecular formula is C23H23N5O3. The second-order valence-corrected chi connectivity index (χ2v) is 8.07. The molecule has 0 bridgehead atoms. The Bertz CT molecular complexity index is 1150. The molecule has 31 heavy (non-hydrogen) atoms. The highest BCUT2D eigenvalue weighted by atomic mass is 16.5. The minimum atomic E-state index is -0.566. The van der Waals surface area contributed by atoms with Gasteiger partial charge in [0, 0.05) is 31.5 Å². The molecule has 1 aliphatic heterocycles. The number of hydrogen-bond acceptors (Lipinski definition) is 7. The van der Waals surface area contributed by atoms with E-state index >= 15 is 0 Å². The first kappa shape index (κ1) is 20.7. The molecule has 3 aromatic rings. The maximum Gasteiger partial charge on any atom is 0.248 e. The summed E-state index contributed by atoms with van der Waals surface area (Å²) in [6.07, 6.45) is 2.98. The first-order valence-corrected chi connectivity index (χ1v) is 9.99. The van der Waals surface area contributed by atoms with Crippen LogP contribution < -0.4 is 4.74 Å². The van der Waals surface area contributed by atoms with Gasteiger partial charge in [0.25, 0.3) is 0 Å². The van der Waals surface area contributed by atoms with E-state index in [0.29, 0.717) is 29.2 Å². The first-order valence-electron chi connectivity index (χ1n) is 9.99. The van der Waals surface area contributed by atoms with E-state index in [9.17, 15) is 10.1 Å². The number of carbonyl (C=O) groups is 1. The third-order valence-electron chi connectivity index (χ3n) is 5.36. The zero-order chi connectivity index (χ0) is 22.0. The number of rotatable bonds is 5. The van der Waals surface area contributed by atoms with Gasteiger partial charge in [0.05, 0.1) is 22.7 Å². The maximum atomic E-state index is 11.6. The Morgan fingerprint density at radius 1 is 1.26 bits per heavy atom. The second kappa shape index (κ2) is 8.28. The molecule has 4 rings (SSSR count). The Kier molecular flexibility index (Phi) is 5.53. The molecule has 1 amide bonds. The second-order valence-electron chi connectivity index (χ2n) is 8.07. The average Bonchev–Trinajstić information content (AvgIpc) is 2.79. The topological polar surface area (TPSA) is 101 Å². The fourth-order valence-electron chi connectivity index (χ4n) is 3.35. The van der Waals surface area contributed by atoms with Crippen LogP contribution in [0.2, 0.25) is 0 Å². The molecule has 1 aromatic carbocycles. The van der Waals surface area contributed by atoms with Crippen molar-refractivity contribution >= 4 is 16.9 Å². The molecule has 8 nitrogen and oxygen atoms in total. The zero-order valence-electron chi connectivity index (χ0n) is 17.7. The van der Waals surface area contributed by atoms with Crippen LogP contribution in [0.4, 0.5) is 0 Å². The van der Waals surface area contributed by atoms with Crippen LogP contribution in [0, 0.1) is 11.3 Å². The Balaban J connectivity index is 1.62. The number of amides is 1. The molecule has 3 heterocycles. The van der Waals surface area contributed by atoms with Gasteiger partial charge in [-0.25, -0.2) is 9.97 Å². The van der Waals surface area contributed by atoms with Crippen molar-refractivity contribution in [2.45, 2.75) is 25.4 Å². The lowest BCUT2D eigenvalue weighted by Gasteiger charge is -2.29. The van der Waals surface area contributed by atoms with Gasteiger partial charge in [0.1, 0.15) is 19.3 Å². The summed E-state index contributed by atoms with van der Waals surface area (Å²) < 4.78 is 11.5. The minimum absolute atomic E-state index is 0.0456. The molecule has 0 saturated carbocycles. The molecule has 158 valence electrons. The van der Waals surface area contributed by atoms with E-state index in [2.05, 4.69) is 21.0 Å². The van der Waals surface area contributed by atoms with Gasteiger partial charge in [-0.1, -0.05) is 24.3 Å². The predicted octanol–water partition coefficient (Wildman–Crippen LogP) is 2.73. The molecule has 0 spiro atoms. The van der Waals surface area contributed by atoms with Crippen LogP contribution in [-0.4, -0.2) is 58.7 Å². The summed E-state index contributed by atoms with van der Waals surface area (Å²) in [5.41, 5.74) is 3.18. The monoisotopic (exact) mass is 417 g/mol. The number of fused-ring (bicyclic) bond motifs is 1. The van der Waals surface area contributed by atoms with Gasteiger partial charge in [-0.2, -0.15) is 5.26 Å². The number of pyridine rings is 1. The molecule has 0 unspecified atom stereocenters. The van der Waals surface area contributed by atoms with Gasteiger partial charge >= 0.3 is 0 Å². The van der Waals surface area contributed by atoms with E-state index in [-0.39, 0.29) is 25.2 Å². The summed E-state index contributed by atoms with van der Waals surface area (Å²) in [4.78, 5) is 26.7. The summed E-state index contributed by atoms with van der Waals surface area (Å²) in [5, 5.41) is 9.36. The highest BCUT2D eigenvalue weighted by Crippen LogP contribution is 2.29. The molecule has 2 aromatic heterocycles. The number of morpholine rings is 1. The average molecular weight is 417 g/mol. The summed E-state index contributed by atoms with van der Waals surface area (Å²) in [6, 6.07) is 11.9. The minimum Gasteiger partial charge on any atom is -0.473 e. The van der Waals surface area contributed by atoms with Crippen molar-refractivity contribution in [2.75, 3.05) is 26.8 Å². The van der Waals surface area contributed by atoms with Crippen molar-refractivity contribution in [1.29, 1.82) is 5.26 Å². The van der Waals surface area contributed by atoms with E-state index in [0.717, 1.165) is 11.1 Å². The largest absolute Gasteiger partial charge is 0.473 e. The fourth-order valence-corrected chi connectivity index (χ4v) is 3.35. The molecular weight excluding hydrogens is 394 g/mol. The quantitative estimate of drug-likeness (QED) is 0.629. The first-order chi connectivity index (χ1) is 14.9. The van der Waals surface area contributed by atoms with E-state index in [1.54, 1.807) is 24.3 Å². The lowest BCUT2D eigenvalue weighted by Crippen LogP contribution is -2.46. The number of benzene rings is 1. The number of hydrogen-bond donors (Lipinski definition) is 0. The van der Waals surface area contributed by atoms with Crippen molar-refractivity contribution in [2.24, 2.45) is 0 Å². The summed E-state index contributed by atoms with van der Waals surface area (Å²) in [5.74, 6) is 0.320. The highest BCUT2D eigenvalue weighted by molar-refractivity contribution is 5.83. The van der Waals surface area contributed by atoms with Crippen molar-refractivity contribution < 1.29 is 14.3 Å². The molecule has 8 heteroatoms. The number of ether oxygens (including phenoxy) is 2. The third kappa shape index (κ3) is 4.32. The number of nitriles is 1. The SMILES string of the molecule is CN1C[C@@H](COc2nc(-c3ccc(C(C)(C)C#N)cc3)cc3nccnc23)OCC1=O. The Morgan fingerprint density at radius 2 is 2.00 bits per heavy atom. The molecule has 1 saturated heterocycles. The number of aromatic nitrogens is 3. The number of carbonyl (C=O) groups excluding carboxylic acids is 1. The van der Waals surface area contributed by atoms with Gasteiger partial charge in [0.15, 0.2) is 5.52 Å². The normalized spacial score (nSPS) is 16.9. The summed E-state index contributed by atoms with van der Waals surface area (Å²) in [7, 11) is 1.74. The van der Waals surface area contributed by atoms with Gasteiger partial charge in [-0.3, -0.25) is 9.78 Å². The lowest BCUT2D eigenvalue weighted by molar-refractivity contribution is -0.148. The van der Waals surface area contributed by atoms with Gasteiger partial charge < -0.3 is 14.4 Å². The van der Waals surface area contributed by atoms with Crippen LogP contribution >= 0.6 is 0 Å².